The minimum Gasteiger partial charge on any atom is -0.481 e. The van der Waals surface area contributed by atoms with Crippen molar-refractivity contribution in [2.75, 3.05) is 13.1 Å². The van der Waals surface area contributed by atoms with Crippen molar-refractivity contribution in [3.63, 3.8) is 0 Å². The fraction of sp³-hybridized carbons (Fsp3) is 0.462. The molecule has 6 heteroatoms. The molecule has 2 heterocycles. The van der Waals surface area contributed by atoms with Gasteiger partial charge < -0.3 is 10.0 Å². The number of aromatic nitrogens is 1. The average molecular weight is 266 g/mol. The summed E-state index contributed by atoms with van der Waals surface area (Å²) in [5.41, 5.74) is -1.03. The molecule has 1 aromatic heterocycles. The second-order valence-corrected chi connectivity index (χ2v) is 5.05. The van der Waals surface area contributed by atoms with Crippen LogP contribution in [-0.4, -0.2) is 40.0 Å². The molecule has 19 heavy (non-hydrogen) atoms. The van der Waals surface area contributed by atoms with Gasteiger partial charge in [0.25, 0.3) is 5.91 Å². The molecule has 0 bridgehead atoms. The number of hydrogen-bond acceptors (Lipinski definition) is 3. The largest absolute Gasteiger partial charge is 0.481 e. The van der Waals surface area contributed by atoms with Crippen LogP contribution in [0.15, 0.2) is 18.5 Å². The fourth-order valence-corrected chi connectivity index (χ4v) is 2.31. The van der Waals surface area contributed by atoms with Crippen LogP contribution in [-0.2, 0) is 4.79 Å². The van der Waals surface area contributed by atoms with Crippen LogP contribution in [0, 0.1) is 11.2 Å². The molecule has 102 valence electrons. The minimum absolute atomic E-state index is 0.0651. The van der Waals surface area contributed by atoms with E-state index in [2.05, 4.69) is 4.98 Å². The number of amides is 1. The number of piperidine rings is 1. The van der Waals surface area contributed by atoms with E-state index in [1.165, 1.54) is 17.2 Å². The Kier molecular flexibility index (Phi) is 3.50. The van der Waals surface area contributed by atoms with E-state index in [0.717, 1.165) is 6.20 Å². The standard InChI is InChI=1S/C13H15FN2O3/c1-13(12(18)19)4-2-6-16(8-13)11(17)9-3-5-15-7-10(9)14/h3,5,7H,2,4,6,8H2,1H3,(H,18,19). The molecule has 0 aromatic carbocycles. The number of hydrogen-bond donors (Lipinski definition) is 1. The van der Waals surface area contributed by atoms with Gasteiger partial charge in [0, 0.05) is 19.3 Å². The molecule has 1 aliphatic heterocycles. The Morgan fingerprint density at radius 3 is 2.89 bits per heavy atom. The van der Waals surface area contributed by atoms with Gasteiger partial charge in [-0.2, -0.15) is 0 Å². The zero-order chi connectivity index (χ0) is 14.0. The summed E-state index contributed by atoms with van der Waals surface area (Å²) in [6.07, 6.45) is 3.44. The quantitative estimate of drug-likeness (QED) is 0.881. The Morgan fingerprint density at radius 1 is 1.53 bits per heavy atom. The van der Waals surface area contributed by atoms with E-state index in [1.54, 1.807) is 6.92 Å². The third-order valence-corrected chi connectivity index (χ3v) is 3.50. The maximum absolute atomic E-state index is 13.5. The number of likely N-dealkylation sites (tertiary alicyclic amines) is 1. The lowest BCUT2D eigenvalue weighted by molar-refractivity contribution is -0.150. The van der Waals surface area contributed by atoms with Gasteiger partial charge in [0.2, 0.25) is 0 Å². The molecule has 5 nitrogen and oxygen atoms in total. The van der Waals surface area contributed by atoms with E-state index in [1.807, 2.05) is 0 Å². The predicted octanol–water partition coefficient (Wildman–Crippen LogP) is 1.55. The molecule has 1 saturated heterocycles. The van der Waals surface area contributed by atoms with Crippen LogP contribution in [0.3, 0.4) is 0 Å². The first kappa shape index (κ1) is 13.5. The monoisotopic (exact) mass is 266 g/mol. The molecule has 0 spiro atoms. The van der Waals surface area contributed by atoms with Gasteiger partial charge in [-0.25, -0.2) is 4.39 Å². The fourth-order valence-electron chi connectivity index (χ4n) is 2.31. The maximum atomic E-state index is 13.5. The van der Waals surface area contributed by atoms with E-state index in [4.69, 9.17) is 0 Å². The van der Waals surface area contributed by atoms with Gasteiger partial charge in [0.1, 0.15) is 0 Å². The van der Waals surface area contributed by atoms with Gasteiger partial charge >= 0.3 is 5.97 Å². The molecular weight excluding hydrogens is 251 g/mol. The summed E-state index contributed by atoms with van der Waals surface area (Å²) in [6, 6.07) is 1.31. The highest BCUT2D eigenvalue weighted by Crippen LogP contribution is 2.30. The highest BCUT2D eigenvalue weighted by atomic mass is 19.1. The first-order valence-electron chi connectivity index (χ1n) is 6.06. The molecular formula is C13H15FN2O3. The number of carbonyl (C=O) groups is 2. The van der Waals surface area contributed by atoms with Gasteiger partial charge in [0.15, 0.2) is 5.82 Å². The number of aliphatic carboxylic acids is 1. The van der Waals surface area contributed by atoms with Crippen molar-refractivity contribution >= 4 is 11.9 Å². The van der Waals surface area contributed by atoms with E-state index in [9.17, 15) is 19.1 Å². The topological polar surface area (TPSA) is 70.5 Å². The molecule has 1 amide bonds. The molecule has 1 atom stereocenters. The van der Waals surface area contributed by atoms with Crippen LogP contribution < -0.4 is 0 Å². The van der Waals surface area contributed by atoms with Crippen LogP contribution in [0.2, 0.25) is 0 Å². The number of halogens is 1. The number of carbonyl (C=O) groups excluding carboxylic acids is 1. The third-order valence-electron chi connectivity index (χ3n) is 3.50. The maximum Gasteiger partial charge on any atom is 0.311 e. The van der Waals surface area contributed by atoms with Gasteiger partial charge in [0.05, 0.1) is 17.2 Å². The molecule has 1 N–H and O–H groups in total. The smallest absolute Gasteiger partial charge is 0.311 e. The summed E-state index contributed by atoms with van der Waals surface area (Å²) >= 11 is 0. The first-order chi connectivity index (χ1) is 8.94. The lowest BCUT2D eigenvalue weighted by atomic mass is 9.82. The van der Waals surface area contributed by atoms with E-state index in [-0.39, 0.29) is 12.1 Å². The van der Waals surface area contributed by atoms with Crippen molar-refractivity contribution in [3.8, 4) is 0 Å². The van der Waals surface area contributed by atoms with Crippen molar-refractivity contribution in [2.24, 2.45) is 5.41 Å². The lowest BCUT2D eigenvalue weighted by Gasteiger charge is -2.37. The van der Waals surface area contributed by atoms with Gasteiger partial charge in [-0.3, -0.25) is 14.6 Å². The molecule has 1 fully saturated rings. The summed E-state index contributed by atoms with van der Waals surface area (Å²) in [5.74, 6) is -2.10. The molecule has 0 radical (unpaired) electrons. The summed E-state index contributed by atoms with van der Waals surface area (Å²) in [6.45, 7) is 2.16. The minimum atomic E-state index is -0.961. The zero-order valence-electron chi connectivity index (χ0n) is 10.6. The zero-order valence-corrected chi connectivity index (χ0v) is 10.6. The SMILES string of the molecule is CC1(C(=O)O)CCCN(C(=O)c2ccncc2F)C1. The van der Waals surface area contributed by atoms with E-state index in [0.29, 0.717) is 19.4 Å². The Bertz CT molecular complexity index is 520. The average Bonchev–Trinajstić information content (AvgIpc) is 2.38. The lowest BCUT2D eigenvalue weighted by Crippen LogP contribution is -2.48. The van der Waals surface area contributed by atoms with Gasteiger partial charge in [-0.1, -0.05) is 0 Å². The number of rotatable bonds is 2. The molecule has 0 aliphatic carbocycles. The summed E-state index contributed by atoms with van der Waals surface area (Å²) in [5, 5.41) is 9.20. The molecule has 0 saturated carbocycles. The van der Waals surface area contributed by atoms with Crippen LogP contribution in [0.5, 0.6) is 0 Å². The highest BCUT2D eigenvalue weighted by Gasteiger charge is 2.39. The molecule has 1 aliphatic rings. The first-order valence-corrected chi connectivity index (χ1v) is 6.06. The highest BCUT2D eigenvalue weighted by molar-refractivity contribution is 5.94. The predicted molar refractivity (Wildman–Crippen MR) is 65.1 cm³/mol. The molecule has 1 unspecified atom stereocenters. The number of nitrogens with zero attached hydrogens (tertiary/aromatic N) is 2. The Morgan fingerprint density at radius 2 is 2.26 bits per heavy atom. The van der Waals surface area contributed by atoms with Crippen LogP contribution in [0.25, 0.3) is 0 Å². The normalized spacial score (nSPS) is 23.2. The van der Waals surface area contributed by atoms with Crippen molar-refractivity contribution in [1.82, 2.24) is 9.88 Å². The summed E-state index contributed by atoms with van der Waals surface area (Å²) in [7, 11) is 0. The van der Waals surface area contributed by atoms with Gasteiger partial charge in [-0.05, 0) is 25.8 Å². The Balaban J connectivity index is 2.21. The Labute approximate surface area is 110 Å². The summed E-state index contributed by atoms with van der Waals surface area (Å²) in [4.78, 5) is 28.4. The number of carboxylic acids is 1. The van der Waals surface area contributed by atoms with Crippen molar-refractivity contribution in [2.45, 2.75) is 19.8 Å². The second-order valence-electron chi connectivity index (χ2n) is 5.05. The van der Waals surface area contributed by atoms with E-state index >= 15 is 0 Å². The van der Waals surface area contributed by atoms with Crippen molar-refractivity contribution in [3.05, 3.63) is 29.8 Å². The Hall–Kier alpha value is -1.98. The number of carboxylic acid groups (broad SMARTS) is 1. The second kappa shape index (κ2) is 4.95. The van der Waals surface area contributed by atoms with E-state index < -0.39 is 23.1 Å². The van der Waals surface area contributed by atoms with Crippen LogP contribution in [0.4, 0.5) is 4.39 Å². The van der Waals surface area contributed by atoms with Crippen LogP contribution >= 0.6 is 0 Å². The molecule has 1 aromatic rings. The summed E-state index contributed by atoms with van der Waals surface area (Å²) < 4.78 is 13.5. The number of pyridine rings is 1. The van der Waals surface area contributed by atoms with Crippen molar-refractivity contribution in [1.29, 1.82) is 0 Å². The van der Waals surface area contributed by atoms with Crippen LogP contribution in [0.1, 0.15) is 30.1 Å². The molecule has 2 rings (SSSR count). The van der Waals surface area contributed by atoms with Crippen molar-refractivity contribution < 1.29 is 19.1 Å². The third kappa shape index (κ3) is 2.57. The van der Waals surface area contributed by atoms with Gasteiger partial charge in [-0.15, -0.1) is 0 Å².